The molecule has 0 spiro atoms. The second-order valence-corrected chi connectivity index (χ2v) is 7.35. The molecule has 3 atom stereocenters. The van der Waals surface area contributed by atoms with Crippen molar-refractivity contribution in [1.29, 1.82) is 0 Å². The van der Waals surface area contributed by atoms with Crippen molar-refractivity contribution in [2.75, 3.05) is 26.2 Å². The molecule has 2 fully saturated rings. The lowest BCUT2D eigenvalue weighted by Crippen LogP contribution is -2.47. The van der Waals surface area contributed by atoms with Crippen molar-refractivity contribution in [1.82, 2.24) is 10.6 Å². The van der Waals surface area contributed by atoms with Crippen LogP contribution < -0.4 is 10.6 Å². The number of amides is 1. The Morgan fingerprint density at radius 1 is 1.30 bits per heavy atom. The van der Waals surface area contributed by atoms with Gasteiger partial charge in [-0.15, -0.1) is 0 Å². The Morgan fingerprint density at radius 3 is 2.75 bits per heavy atom. The fraction of sp³-hybridized carbons (Fsp3) is 0.938. The number of hydrogen-bond acceptors (Lipinski definition) is 3. The third kappa shape index (κ3) is 4.19. The smallest absolute Gasteiger partial charge is 0.224 e. The van der Waals surface area contributed by atoms with E-state index in [2.05, 4.69) is 31.4 Å². The summed E-state index contributed by atoms with van der Waals surface area (Å²) in [6, 6.07) is 0. The van der Waals surface area contributed by atoms with Crippen molar-refractivity contribution in [2.24, 2.45) is 17.3 Å². The van der Waals surface area contributed by atoms with E-state index in [0.717, 1.165) is 51.9 Å². The standard InChI is InChI=1S/C16H30N2O2/c1-16(2,3)14-12(7-5-9-20-14)11-18-15(19)13-6-4-8-17-10-13/h12-14,17H,4-11H2,1-3H3,(H,18,19)/t12-,13-,14+/m0/s1. The van der Waals surface area contributed by atoms with Crippen LogP contribution in [0.5, 0.6) is 0 Å². The zero-order chi connectivity index (χ0) is 14.6. The summed E-state index contributed by atoms with van der Waals surface area (Å²) in [6.07, 6.45) is 4.64. The van der Waals surface area contributed by atoms with E-state index in [1.165, 1.54) is 0 Å². The number of nitrogens with one attached hydrogen (secondary N) is 2. The van der Waals surface area contributed by atoms with Crippen LogP contribution >= 0.6 is 0 Å². The maximum atomic E-state index is 12.2. The first-order valence-electron chi connectivity index (χ1n) is 8.08. The van der Waals surface area contributed by atoms with Gasteiger partial charge in [-0.1, -0.05) is 20.8 Å². The van der Waals surface area contributed by atoms with Gasteiger partial charge in [-0.05, 0) is 37.6 Å². The van der Waals surface area contributed by atoms with Gasteiger partial charge in [0.25, 0.3) is 0 Å². The lowest BCUT2D eigenvalue weighted by atomic mass is 9.78. The molecule has 0 radical (unpaired) electrons. The lowest BCUT2D eigenvalue weighted by molar-refractivity contribution is -0.127. The second kappa shape index (κ2) is 6.90. The predicted octanol–water partition coefficient (Wildman–Crippen LogP) is 1.94. The fourth-order valence-electron chi connectivity index (χ4n) is 3.46. The minimum atomic E-state index is 0.141. The van der Waals surface area contributed by atoms with Crippen molar-refractivity contribution in [3.05, 3.63) is 0 Å². The van der Waals surface area contributed by atoms with Crippen molar-refractivity contribution >= 4 is 5.91 Å². The van der Waals surface area contributed by atoms with Crippen LogP contribution in [0.15, 0.2) is 0 Å². The molecule has 1 amide bonds. The number of carbonyl (C=O) groups excluding carboxylic acids is 1. The van der Waals surface area contributed by atoms with Gasteiger partial charge in [-0.2, -0.15) is 0 Å². The molecule has 0 unspecified atom stereocenters. The van der Waals surface area contributed by atoms with E-state index in [0.29, 0.717) is 5.92 Å². The summed E-state index contributed by atoms with van der Waals surface area (Å²) in [5, 5.41) is 6.47. The van der Waals surface area contributed by atoms with Crippen molar-refractivity contribution < 1.29 is 9.53 Å². The molecule has 116 valence electrons. The summed E-state index contributed by atoms with van der Waals surface area (Å²) in [4.78, 5) is 12.2. The van der Waals surface area contributed by atoms with E-state index >= 15 is 0 Å². The summed E-state index contributed by atoms with van der Waals surface area (Å²) in [5.74, 6) is 0.820. The number of rotatable bonds is 3. The molecule has 0 aromatic carbocycles. The Balaban J connectivity index is 1.83. The Morgan fingerprint density at radius 2 is 2.10 bits per heavy atom. The van der Waals surface area contributed by atoms with Crippen LogP contribution in [-0.2, 0) is 9.53 Å². The van der Waals surface area contributed by atoms with E-state index in [4.69, 9.17) is 4.74 Å². The molecular weight excluding hydrogens is 252 g/mol. The number of hydrogen-bond donors (Lipinski definition) is 2. The Bertz CT molecular complexity index is 319. The normalized spacial score (nSPS) is 31.9. The highest BCUT2D eigenvalue weighted by Gasteiger charge is 2.35. The molecule has 2 N–H and O–H groups in total. The average molecular weight is 282 g/mol. The van der Waals surface area contributed by atoms with Gasteiger partial charge in [0.2, 0.25) is 5.91 Å². The van der Waals surface area contributed by atoms with Gasteiger partial charge in [0.1, 0.15) is 0 Å². The molecule has 2 saturated heterocycles. The van der Waals surface area contributed by atoms with Crippen LogP contribution in [0.1, 0.15) is 46.5 Å². The van der Waals surface area contributed by atoms with Crippen LogP contribution in [0.25, 0.3) is 0 Å². The molecule has 0 bridgehead atoms. The molecule has 4 nitrogen and oxygen atoms in total. The van der Waals surface area contributed by atoms with E-state index in [9.17, 15) is 4.79 Å². The topological polar surface area (TPSA) is 50.4 Å². The van der Waals surface area contributed by atoms with Gasteiger partial charge >= 0.3 is 0 Å². The Kier molecular flexibility index (Phi) is 5.44. The van der Waals surface area contributed by atoms with Crippen LogP contribution in [0.2, 0.25) is 0 Å². The first-order valence-corrected chi connectivity index (χ1v) is 8.08. The minimum absolute atomic E-state index is 0.141. The molecule has 20 heavy (non-hydrogen) atoms. The molecule has 2 aliphatic heterocycles. The predicted molar refractivity (Wildman–Crippen MR) is 80.5 cm³/mol. The van der Waals surface area contributed by atoms with Gasteiger partial charge in [0.05, 0.1) is 12.0 Å². The van der Waals surface area contributed by atoms with Gasteiger partial charge < -0.3 is 15.4 Å². The molecule has 2 heterocycles. The number of carbonyl (C=O) groups is 1. The van der Waals surface area contributed by atoms with Crippen LogP contribution in [0.4, 0.5) is 0 Å². The summed E-state index contributed by atoms with van der Waals surface area (Å²) in [5.41, 5.74) is 0.141. The van der Waals surface area contributed by atoms with Gasteiger partial charge in [-0.3, -0.25) is 4.79 Å². The molecule has 2 aliphatic rings. The molecule has 2 rings (SSSR count). The first-order chi connectivity index (χ1) is 9.48. The minimum Gasteiger partial charge on any atom is -0.377 e. The maximum Gasteiger partial charge on any atom is 0.224 e. The SMILES string of the molecule is CC(C)(C)[C@@H]1OCCC[C@H]1CNC(=O)[C@H]1CCCNC1. The third-order valence-electron chi connectivity index (χ3n) is 4.50. The van der Waals surface area contributed by atoms with Crippen molar-refractivity contribution in [2.45, 2.75) is 52.6 Å². The fourth-order valence-corrected chi connectivity index (χ4v) is 3.46. The van der Waals surface area contributed by atoms with Crippen molar-refractivity contribution in [3.63, 3.8) is 0 Å². The highest BCUT2D eigenvalue weighted by molar-refractivity contribution is 5.78. The van der Waals surface area contributed by atoms with Crippen LogP contribution in [0.3, 0.4) is 0 Å². The van der Waals surface area contributed by atoms with Crippen LogP contribution in [-0.4, -0.2) is 38.3 Å². The second-order valence-electron chi connectivity index (χ2n) is 7.35. The molecule has 0 aromatic rings. The largest absolute Gasteiger partial charge is 0.377 e. The summed E-state index contributed by atoms with van der Waals surface area (Å²) >= 11 is 0. The monoisotopic (exact) mass is 282 g/mol. The molecule has 0 saturated carbocycles. The van der Waals surface area contributed by atoms with Gasteiger partial charge in [-0.25, -0.2) is 0 Å². The van der Waals surface area contributed by atoms with Crippen LogP contribution in [0, 0.1) is 17.3 Å². The molecular formula is C16H30N2O2. The van der Waals surface area contributed by atoms with E-state index in [1.54, 1.807) is 0 Å². The highest BCUT2D eigenvalue weighted by atomic mass is 16.5. The first kappa shape index (κ1) is 15.8. The number of piperidine rings is 1. The van der Waals surface area contributed by atoms with E-state index in [-0.39, 0.29) is 23.3 Å². The zero-order valence-electron chi connectivity index (χ0n) is 13.2. The van der Waals surface area contributed by atoms with E-state index in [1.807, 2.05) is 0 Å². The average Bonchev–Trinajstić information content (AvgIpc) is 2.45. The maximum absolute atomic E-state index is 12.2. The molecule has 4 heteroatoms. The summed E-state index contributed by atoms with van der Waals surface area (Å²) < 4.78 is 5.97. The molecule has 0 aliphatic carbocycles. The Labute approximate surface area is 123 Å². The number of ether oxygens (including phenoxy) is 1. The molecule has 0 aromatic heterocycles. The van der Waals surface area contributed by atoms with Gasteiger partial charge in [0, 0.05) is 25.6 Å². The Hall–Kier alpha value is -0.610. The summed E-state index contributed by atoms with van der Waals surface area (Å²) in [7, 11) is 0. The highest BCUT2D eigenvalue weighted by Crippen LogP contribution is 2.33. The lowest BCUT2D eigenvalue weighted by Gasteiger charge is -2.40. The third-order valence-corrected chi connectivity index (χ3v) is 4.50. The van der Waals surface area contributed by atoms with Crippen molar-refractivity contribution in [3.8, 4) is 0 Å². The summed E-state index contributed by atoms with van der Waals surface area (Å²) in [6.45, 7) is 10.2. The quantitative estimate of drug-likeness (QED) is 0.832. The zero-order valence-corrected chi connectivity index (χ0v) is 13.2. The van der Waals surface area contributed by atoms with Gasteiger partial charge in [0.15, 0.2) is 0 Å². The van der Waals surface area contributed by atoms with E-state index < -0.39 is 0 Å².